The molecule has 2 nitrogen and oxygen atoms in total. The van der Waals surface area contributed by atoms with Crippen LogP contribution < -0.4 is 10.2 Å². The van der Waals surface area contributed by atoms with Gasteiger partial charge in [-0.3, -0.25) is 4.98 Å². The highest BCUT2D eigenvalue weighted by atomic mass is 19.4. The van der Waals surface area contributed by atoms with Gasteiger partial charge in [-0.2, -0.15) is 13.2 Å². The summed E-state index contributed by atoms with van der Waals surface area (Å²) in [6.07, 6.45) is -3.28. The first-order chi connectivity index (χ1) is 7.18. The fraction of sp³-hybridized carbons (Fsp3) is 0.286. The maximum Gasteiger partial charge on any atom is 0.511 e. The lowest BCUT2D eigenvalue weighted by Crippen LogP contribution is -2.34. The topological polar surface area (TPSA) is 22.1 Å². The molecule has 0 saturated heterocycles. The van der Waals surface area contributed by atoms with Gasteiger partial charge < -0.3 is 17.7 Å². The first kappa shape index (κ1) is 12.7. The average molecular weight is 244 g/mol. The molecule has 0 N–H and O–H groups in total. The Kier molecular flexibility index (Phi) is 3.34. The molecule has 0 aromatic carbocycles. The van der Waals surface area contributed by atoms with E-state index in [1.54, 1.807) is 0 Å². The Bertz CT molecular complexity index is 363. The molecule has 0 saturated carbocycles. The van der Waals surface area contributed by atoms with E-state index in [-0.39, 0.29) is 0 Å². The number of alkyl halides is 3. The van der Waals surface area contributed by atoms with E-state index in [0.717, 1.165) is 6.20 Å². The Balaban J connectivity index is 2.76. The van der Waals surface area contributed by atoms with Gasteiger partial charge in [0.15, 0.2) is 6.61 Å². The average Bonchev–Trinajstić information content (AvgIpc) is 2.13. The zero-order valence-corrected chi connectivity index (χ0v) is 7.64. The molecule has 16 heavy (non-hydrogen) atoms. The van der Waals surface area contributed by atoms with Crippen LogP contribution >= 0.6 is 0 Å². The first-order valence-electron chi connectivity index (χ1n) is 4.03. The van der Waals surface area contributed by atoms with E-state index in [2.05, 4.69) is 9.72 Å². The third-order valence-electron chi connectivity index (χ3n) is 1.51. The second-order valence-corrected chi connectivity index (χ2v) is 2.93. The van der Waals surface area contributed by atoms with Crippen molar-refractivity contribution in [2.45, 2.75) is 6.18 Å². The summed E-state index contributed by atoms with van der Waals surface area (Å²) in [5.74, 6) is -0.561. The number of rotatable bonds is 3. The van der Waals surface area contributed by atoms with E-state index >= 15 is 0 Å². The summed E-state index contributed by atoms with van der Waals surface area (Å²) in [4.78, 5) is 3.16. The predicted octanol–water partition coefficient (Wildman–Crippen LogP) is 2.08. The zero-order chi connectivity index (χ0) is 12.4. The summed E-state index contributed by atoms with van der Waals surface area (Å²) in [5.41, 5.74) is -1.10. The van der Waals surface area contributed by atoms with Crippen LogP contribution in [-0.2, 0) is 0 Å². The molecule has 1 aromatic heterocycles. The summed E-state index contributed by atoms with van der Waals surface area (Å²) >= 11 is 0. The van der Waals surface area contributed by atoms with E-state index in [4.69, 9.17) is 0 Å². The number of hydrogen-bond acceptors (Lipinski definition) is 2. The number of halogens is 6. The molecule has 0 amide bonds. The van der Waals surface area contributed by atoms with Crippen LogP contribution in [0.3, 0.4) is 0 Å². The first-order valence-corrected chi connectivity index (χ1v) is 4.03. The summed E-state index contributed by atoms with van der Waals surface area (Å²) in [5, 5.41) is 0. The molecular formula is C7H5BF6NO-. The number of nitrogens with zero attached hydrogens (tertiary/aromatic N) is 1. The van der Waals surface area contributed by atoms with E-state index in [1.807, 2.05) is 0 Å². The van der Waals surface area contributed by atoms with Gasteiger partial charge in [0.1, 0.15) is 5.75 Å². The summed E-state index contributed by atoms with van der Waals surface area (Å²) in [7, 11) is 0. The van der Waals surface area contributed by atoms with E-state index < -0.39 is 31.0 Å². The van der Waals surface area contributed by atoms with Crippen LogP contribution in [0.2, 0.25) is 0 Å². The minimum atomic E-state index is -5.29. The van der Waals surface area contributed by atoms with Gasteiger partial charge in [0.05, 0.1) is 6.20 Å². The maximum absolute atomic E-state index is 12.2. The zero-order valence-electron chi connectivity index (χ0n) is 7.64. The van der Waals surface area contributed by atoms with Crippen LogP contribution in [0, 0.1) is 0 Å². The molecular weight excluding hydrogens is 239 g/mol. The van der Waals surface area contributed by atoms with Crippen LogP contribution in [0.1, 0.15) is 0 Å². The molecule has 0 fully saturated rings. The van der Waals surface area contributed by atoms with Crippen molar-refractivity contribution >= 4 is 12.4 Å². The summed E-state index contributed by atoms with van der Waals surface area (Å²) in [6, 6.07) is 0.485. The quantitative estimate of drug-likeness (QED) is 0.599. The van der Waals surface area contributed by atoms with Crippen molar-refractivity contribution in [3.05, 3.63) is 18.5 Å². The molecule has 0 aliphatic rings. The highest BCUT2D eigenvalue weighted by Crippen LogP contribution is 2.18. The molecule has 1 heterocycles. The Labute approximate surface area is 86.3 Å². The third-order valence-corrected chi connectivity index (χ3v) is 1.51. The highest BCUT2D eigenvalue weighted by Gasteiger charge is 2.29. The van der Waals surface area contributed by atoms with Crippen molar-refractivity contribution in [3.8, 4) is 5.75 Å². The van der Waals surface area contributed by atoms with Crippen molar-refractivity contribution in [2.24, 2.45) is 0 Å². The van der Waals surface area contributed by atoms with Gasteiger partial charge in [0, 0.05) is 6.20 Å². The summed E-state index contributed by atoms with van der Waals surface area (Å²) < 4.78 is 75.8. The van der Waals surface area contributed by atoms with Crippen molar-refractivity contribution in [3.63, 3.8) is 0 Å². The van der Waals surface area contributed by atoms with Crippen LogP contribution in [0.4, 0.5) is 26.1 Å². The monoisotopic (exact) mass is 244 g/mol. The molecule has 0 spiro atoms. The van der Waals surface area contributed by atoms with Crippen LogP contribution in [-0.4, -0.2) is 24.7 Å². The van der Waals surface area contributed by atoms with Gasteiger partial charge in [-0.05, 0) is 6.07 Å². The van der Waals surface area contributed by atoms with Crippen molar-refractivity contribution in [2.75, 3.05) is 6.61 Å². The van der Waals surface area contributed by atoms with Gasteiger partial charge in [-0.25, -0.2) is 0 Å². The standard InChI is InChI=1S/C7H5BF6NO/c9-7(10,11)4-16-6-1-5(2-15-3-6)8(12,13)14/h1-3H,4H2/q-1. The molecule has 1 aromatic rings. The minimum absolute atomic E-state index is 0.485. The van der Waals surface area contributed by atoms with Gasteiger partial charge in [-0.15, -0.1) is 0 Å². The normalized spacial score (nSPS) is 12.6. The smallest absolute Gasteiger partial charge is 0.483 e. The second-order valence-electron chi connectivity index (χ2n) is 2.93. The van der Waals surface area contributed by atoms with Crippen LogP contribution in [0.5, 0.6) is 5.75 Å². The predicted molar refractivity (Wildman–Crippen MR) is 44.5 cm³/mol. The Morgan fingerprint density at radius 1 is 1.19 bits per heavy atom. The molecule has 9 heteroatoms. The molecule has 1 rings (SSSR count). The van der Waals surface area contributed by atoms with Crippen LogP contribution in [0.15, 0.2) is 18.5 Å². The number of ether oxygens (including phenoxy) is 1. The van der Waals surface area contributed by atoms with E-state index in [9.17, 15) is 26.1 Å². The van der Waals surface area contributed by atoms with Gasteiger partial charge in [0.2, 0.25) is 0 Å². The molecule has 0 unspecified atom stereocenters. The fourth-order valence-corrected chi connectivity index (χ4v) is 0.859. The van der Waals surface area contributed by atoms with Gasteiger partial charge >= 0.3 is 13.2 Å². The third kappa shape index (κ3) is 3.99. The highest BCUT2D eigenvalue weighted by molar-refractivity contribution is 6.73. The number of hydrogen-bond donors (Lipinski definition) is 0. The minimum Gasteiger partial charge on any atom is -0.483 e. The van der Waals surface area contributed by atoms with Crippen molar-refractivity contribution in [1.82, 2.24) is 4.98 Å². The molecule has 90 valence electrons. The molecule has 0 radical (unpaired) electrons. The Morgan fingerprint density at radius 2 is 1.81 bits per heavy atom. The largest absolute Gasteiger partial charge is 0.511 e. The van der Waals surface area contributed by atoms with Crippen LogP contribution in [0.25, 0.3) is 0 Å². The Hall–Kier alpha value is -1.41. The lowest BCUT2D eigenvalue weighted by Gasteiger charge is -2.15. The molecule has 0 aliphatic heterocycles. The van der Waals surface area contributed by atoms with E-state index in [1.165, 1.54) is 0 Å². The lowest BCUT2D eigenvalue weighted by atomic mass is 9.81. The Morgan fingerprint density at radius 3 is 2.31 bits per heavy atom. The molecule has 0 atom stereocenters. The molecule has 0 aliphatic carbocycles. The van der Waals surface area contributed by atoms with Crippen molar-refractivity contribution < 1.29 is 30.9 Å². The van der Waals surface area contributed by atoms with E-state index in [0.29, 0.717) is 12.3 Å². The van der Waals surface area contributed by atoms with Gasteiger partial charge in [0.25, 0.3) is 0 Å². The second kappa shape index (κ2) is 4.22. The van der Waals surface area contributed by atoms with Gasteiger partial charge in [-0.1, -0.05) is 5.46 Å². The summed E-state index contributed by atoms with van der Waals surface area (Å²) in [6.45, 7) is -6.94. The number of pyridine rings is 1. The lowest BCUT2D eigenvalue weighted by molar-refractivity contribution is -0.153. The maximum atomic E-state index is 12.2. The SMILES string of the molecule is F[B-](F)(F)c1cncc(OCC(F)(F)F)c1. The fourth-order valence-electron chi connectivity index (χ4n) is 0.859. The number of aromatic nitrogens is 1. The molecule has 0 bridgehead atoms. The van der Waals surface area contributed by atoms with Crippen molar-refractivity contribution in [1.29, 1.82) is 0 Å².